The van der Waals surface area contributed by atoms with E-state index in [9.17, 15) is 9.90 Å². The zero-order chi connectivity index (χ0) is 13.5. The topological polar surface area (TPSA) is 63.1 Å². The van der Waals surface area contributed by atoms with Gasteiger partial charge in [0.15, 0.2) is 0 Å². The summed E-state index contributed by atoms with van der Waals surface area (Å²) in [6.07, 6.45) is 1.25. The first-order valence-electron chi connectivity index (χ1n) is 6.27. The molecule has 0 bridgehead atoms. The lowest BCUT2D eigenvalue weighted by Gasteiger charge is -2.11. The number of carboxylic acids is 1. The third-order valence-corrected chi connectivity index (χ3v) is 3.51. The number of hydrogen-bond acceptors (Lipinski definition) is 3. The summed E-state index contributed by atoms with van der Waals surface area (Å²) in [6, 6.07) is 11.6. The average molecular weight is 254 g/mol. The monoisotopic (exact) mass is 254 g/mol. The van der Waals surface area contributed by atoms with Crippen molar-refractivity contribution in [3.05, 3.63) is 47.9 Å². The van der Waals surface area contributed by atoms with Gasteiger partial charge in [-0.15, -0.1) is 0 Å². The number of aromatic nitrogens is 2. The van der Waals surface area contributed by atoms with Crippen molar-refractivity contribution in [2.24, 2.45) is 0 Å². The minimum atomic E-state index is -0.852. The van der Waals surface area contributed by atoms with Crippen molar-refractivity contribution in [1.82, 2.24) is 9.97 Å². The number of carbonyl (C=O) groups is 1. The van der Waals surface area contributed by atoms with Crippen LogP contribution in [0.2, 0.25) is 0 Å². The predicted octanol–water partition coefficient (Wildman–Crippen LogP) is 2.57. The molecule has 0 aliphatic heterocycles. The van der Waals surface area contributed by atoms with Crippen LogP contribution in [0.25, 0.3) is 11.3 Å². The lowest BCUT2D eigenvalue weighted by molar-refractivity contribution is -0.140. The van der Waals surface area contributed by atoms with E-state index < -0.39 is 11.4 Å². The van der Waals surface area contributed by atoms with E-state index in [1.54, 1.807) is 0 Å². The molecular weight excluding hydrogens is 240 g/mol. The third kappa shape index (κ3) is 1.99. The Balaban J connectivity index is 2.10. The van der Waals surface area contributed by atoms with Crippen molar-refractivity contribution >= 4 is 5.97 Å². The maximum Gasteiger partial charge on any atom is 0.317 e. The van der Waals surface area contributed by atoms with Crippen molar-refractivity contribution in [2.45, 2.75) is 25.2 Å². The summed E-state index contributed by atoms with van der Waals surface area (Å²) in [4.78, 5) is 20.2. The quantitative estimate of drug-likeness (QED) is 0.914. The zero-order valence-corrected chi connectivity index (χ0v) is 10.6. The Morgan fingerprint density at radius 1 is 1.21 bits per heavy atom. The second kappa shape index (κ2) is 4.16. The van der Waals surface area contributed by atoms with E-state index in [0.717, 1.165) is 17.0 Å². The van der Waals surface area contributed by atoms with Gasteiger partial charge in [-0.25, -0.2) is 9.97 Å². The molecule has 0 atom stereocenters. The lowest BCUT2D eigenvalue weighted by atomic mass is 10.1. The summed E-state index contributed by atoms with van der Waals surface area (Å²) in [5, 5.41) is 9.33. The van der Waals surface area contributed by atoms with E-state index in [1.165, 1.54) is 0 Å². The van der Waals surface area contributed by atoms with Crippen molar-refractivity contribution in [3.8, 4) is 11.3 Å². The minimum Gasteiger partial charge on any atom is -0.480 e. The summed E-state index contributed by atoms with van der Waals surface area (Å²) in [5.41, 5.74) is 1.72. The highest BCUT2D eigenvalue weighted by Crippen LogP contribution is 2.47. The Labute approximate surface area is 111 Å². The fraction of sp³-hybridized carbons (Fsp3) is 0.267. The Morgan fingerprint density at radius 2 is 1.89 bits per heavy atom. The maximum atomic E-state index is 11.4. The first kappa shape index (κ1) is 11.8. The number of rotatable bonds is 3. The van der Waals surface area contributed by atoms with Gasteiger partial charge in [-0.1, -0.05) is 30.3 Å². The molecule has 1 aromatic carbocycles. The number of benzene rings is 1. The van der Waals surface area contributed by atoms with Gasteiger partial charge in [-0.2, -0.15) is 0 Å². The van der Waals surface area contributed by atoms with E-state index >= 15 is 0 Å². The molecule has 0 spiro atoms. The van der Waals surface area contributed by atoms with Gasteiger partial charge in [0.2, 0.25) is 0 Å². The molecule has 1 N–H and O–H groups in total. The first-order chi connectivity index (χ1) is 9.12. The molecule has 0 radical (unpaired) electrons. The normalized spacial score (nSPS) is 16.1. The van der Waals surface area contributed by atoms with Crippen LogP contribution in [0.5, 0.6) is 0 Å². The molecule has 19 heavy (non-hydrogen) atoms. The van der Waals surface area contributed by atoms with Crippen LogP contribution in [-0.2, 0) is 10.2 Å². The number of hydrogen-bond donors (Lipinski definition) is 1. The highest BCUT2D eigenvalue weighted by molar-refractivity contribution is 5.83. The maximum absolute atomic E-state index is 11.4. The third-order valence-electron chi connectivity index (χ3n) is 3.51. The molecule has 2 aromatic rings. The molecule has 1 fully saturated rings. The Bertz CT molecular complexity index is 634. The van der Waals surface area contributed by atoms with Gasteiger partial charge in [0, 0.05) is 11.3 Å². The summed E-state index contributed by atoms with van der Waals surface area (Å²) < 4.78 is 0. The van der Waals surface area contributed by atoms with Gasteiger partial charge in [0.1, 0.15) is 11.2 Å². The van der Waals surface area contributed by atoms with Crippen molar-refractivity contribution in [3.63, 3.8) is 0 Å². The molecule has 0 unspecified atom stereocenters. The van der Waals surface area contributed by atoms with Crippen LogP contribution in [0.3, 0.4) is 0 Å². The van der Waals surface area contributed by atoms with Gasteiger partial charge in [-0.05, 0) is 25.8 Å². The van der Waals surface area contributed by atoms with Crippen LogP contribution in [0.1, 0.15) is 24.4 Å². The first-order valence-corrected chi connectivity index (χ1v) is 6.27. The molecule has 0 saturated heterocycles. The number of aliphatic carboxylic acids is 1. The van der Waals surface area contributed by atoms with E-state index in [4.69, 9.17) is 0 Å². The number of carboxylic acid groups (broad SMARTS) is 1. The highest BCUT2D eigenvalue weighted by Gasteiger charge is 2.54. The number of aryl methyl sites for hydroxylation is 1. The summed E-state index contributed by atoms with van der Waals surface area (Å²) in [5.74, 6) is -0.379. The smallest absolute Gasteiger partial charge is 0.317 e. The molecule has 1 aromatic heterocycles. The molecule has 1 heterocycles. The summed E-state index contributed by atoms with van der Waals surface area (Å²) in [6.45, 7) is 1.87. The van der Waals surface area contributed by atoms with E-state index in [-0.39, 0.29) is 0 Å². The van der Waals surface area contributed by atoms with Crippen molar-refractivity contribution in [2.75, 3.05) is 0 Å². The largest absolute Gasteiger partial charge is 0.480 e. The fourth-order valence-electron chi connectivity index (χ4n) is 2.20. The van der Waals surface area contributed by atoms with Crippen LogP contribution in [0, 0.1) is 6.92 Å². The van der Waals surface area contributed by atoms with Crippen LogP contribution in [0.15, 0.2) is 36.4 Å². The molecule has 1 aliphatic carbocycles. The SMILES string of the molecule is Cc1cc(-c2ccccc2)nc(C2(C(=O)O)CC2)n1. The molecule has 4 heteroatoms. The standard InChI is InChI=1S/C15H14N2O2/c1-10-9-12(11-5-3-2-4-6-11)17-13(16-10)15(7-8-15)14(18)19/h2-6,9H,7-8H2,1H3,(H,18,19). The molecule has 1 aliphatic rings. The van der Waals surface area contributed by atoms with Gasteiger partial charge < -0.3 is 5.11 Å². The summed E-state index contributed by atoms with van der Waals surface area (Å²) in [7, 11) is 0. The van der Waals surface area contributed by atoms with Crippen LogP contribution in [0.4, 0.5) is 0 Å². The second-order valence-electron chi connectivity index (χ2n) is 4.97. The second-order valence-corrected chi connectivity index (χ2v) is 4.97. The summed E-state index contributed by atoms with van der Waals surface area (Å²) >= 11 is 0. The average Bonchev–Trinajstić information content (AvgIpc) is 3.20. The zero-order valence-electron chi connectivity index (χ0n) is 10.6. The lowest BCUT2D eigenvalue weighted by Crippen LogP contribution is -2.23. The van der Waals surface area contributed by atoms with Gasteiger partial charge in [0.25, 0.3) is 0 Å². The highest BCUT2D eigenvalue weighted by atomic mass is 16.4. The Kier molecular flexibility index (Phi) is 2.59. The van der Waals surface area contributed by atoms with Gasteiger partial charge in [-0.3, -0.25) is 4.79 Å². The minimum absolute atomic E-state index is 0.443. The molecule has 96 valence electrons. The molecule has 1 saturated carbocycles. The van der Waals surface area contributed by atoms with Gasteiger partial charge in [0.05, 0.1) is 5.69 Å². The van der Waals surface area contributed by atoms with Gasteiger partial charge >= 0.3 is 5.97 Å². The molecule has 0 amide bonds. The molecule has 4 nitrogen and oxygen atoms in total. The number of nitrogens with zero attached hydrogens (tertiary/aromatic N) is 2. The van der Waals surface area contributed by atoms with E-state index in [2.05, 4.69) is 9.97 Å². The molecular formula is C15H14N2O2. The van der Waals surface area contributed by atoms with Crippen LogP contribution in [-0.4, -0.2) is 21.0 Å². The Morgan fingerprint density at radius 3 is 2.47 bits per heavy atom. The van der Waals surface area contributed by atoms with Crippen molar-refractivity contribution in [1.29, 1.82) is 0 Å². The van der Waals surface area contributed by atoms with Crippen LogP contribution >= 0.6 is 0 Å². The molecule has 3 rings (SSSR count). The predicted molar refractivity (Wildman–Crippen MR) is 70.8 cm³/mol. The van der Waals surface area contributed by atoms with E-state index in [1.807, 2.05) is 43.3 Å². The van der Waals surface area contributed by atoms with Crippen LogP contribution < -0.4 is 0 Å². The van der Waals surface area contributed by atoms with Crippen molar-refractivity contribution < 1.29 is 9.90 Å². The Hall–Kier alpha value is -2.23. The fourth-order valence-corrected chi connectivity index (χ4v) is 2.20. The van der Waals surface area contributed by atoms with E-state index in [0.29, 0.717) is 18.7 Å².